The Kier molecular flexibility index (Phi) is 13.5. The highest BCUT2D eigenvalue weighted by atomic mass is 16.3. The first-order chi connectivity index (χ1) is 23.0. The number of allylic oxidation sites excluding steroid dienone is 8. The number of hydrogen-bond donors (Lipinski definition) is 5. The van der Waals surface area contributed by atoms with Crippen LogP contribution in [0.25, 0.3) is 0 Å². The van der Waals surface area contributed by atoms with Gasteiger partial charge in [-0.1, -0.05) is 75.5 Å². The topological polar surface area (TPSA) is 178 Å². The average molecular weight is 672 g/mol. The lowest BCUT2D eigenvalue weighted by Gasteiger charge is -2.22. The van der Waals surface area contributed by atoms with Crippen LogP contribution in [0.4, 0.5) is 0 Å². The predicted molar refractivity (Wildman–Crippen MR) is 186 cm³/mol. The Morgan fingerprint density at radius 1 is 0.755 bits per heavy atom. The largest absolute Gasteiger partial charge is 0.507 e. The molecule has 0 saturated heterocycles. The summed E-state index contributed by atoms with van der Waals surface area (Å²) < 4.78 is 0. The van der Waals surface area contributed by atoms with Gasteiger partial charge in [0, 0.05) is 47.5 Å². The molecule has 0 fully saturated rings. The Bertz CT molecular complexity index is 1720. The smallest absolute Gasteiger partial charge is 0.248 e. The molecule has 3 aliphatic rings. The van der Waals surface area contributed by atoms with Crippen molar-refractivity contribution in [2.24, 2.45) is 17.8 Å². The van der Waals surface area contributed by atoms with Crippen molar-refractivity contribution in [2.45, 2.75) is 72.7 Å². The van der Waals surface area contributed by atoms with E-state index in [-0.39, 0.29) is 58.1 Å². The summed E-state index contributed by atoms with van der Waals surface area (Å²) in [5.41, 5.74) is -0.339. The Hall–Kier alpha value is -4.77. The average Bonchev–Trinajstić information content (AvgIpc) is 3.05. The molecule has 260 valence electrons. The number of aliphatic hydroxyl groups excluding tert-OH is 3. The van der Waals surface area contributed by atoms with E-state index in [1.54, 1.807) is 64.2 Å². The quantitative estimate of drug-likeness (QED) is 0.244. The van der Waals surface area contributed by atoms with Gasteiger partial charge >= 0.3 is 0 Å². The molecule has 1 amide bonds. The van der Waals surface area contributed by atoms with Gasteiger partial charge in [-0.25, -0.2) is 0 Å². The molecule has 1 aromatic carbocycles. The maximum Gasteiger partial charge on any atom is 0.248 e. The first-order valence-corrected chi connectivity index (χ1v) is 16.2. The Morgan fingerprint density at radius 2 is 1.43 bits per heavy atom. The zero-order valence-corrected chi connectivity index (χ0v) is 28.6. The molecule has 4 rings (SSSR count). The number of fused-ring (bicyclic) bond motifs is 18. The Morgan fingerprint density at radius 3 is 2.12 bits per heavy atom. The molecule has 0 unspecified atom stereocenters. The van der Waals surface area contributed by atoms with Crippen molar-refractivity contribution in [1.82, 2.24) is 5.32 Å². The van der Waals surface area contributed by atoms with Crippen LogP contribution >= 0.6 is 0 Å². The molecule has 49 heavy (non-hydrogen) atoms. The predicted octanol–water partition coefficient (Wildman–Crippen LogP) is 4.73. The van der Waals surface area contributed by atoms with Gasteiger partial charge in [-0.15, -0.1) is 0 Å². The summed E-state index contributed by atoms with van der Waals surface area (Å²) in [5, 5.41) is 45.3. The van der Waals surface area contributed by atoms with Crippen molar-refractivity contribution in [3.05, 3.63) is 112 Å². The zero-order chi connectivity index (χ0) is 36.6. The van der Waals surface area contributed by atoms with E-state index >= 15 is 0 Å². The van der Waals surface area contributed by atoms with E-state index in [0.717, 1.165) is 12.2 Å². The summed E-state index contributed by atoms with van der Waals surface area (Å²) in [7, 11) is 0. The van der Waals surface area contributed by atoms with Crippen LogP contribution in [0.2, 0.25) is 0 Å². The lowest BCUT2D eigenvalue weighted by atomic mass is 9.83. The van der Waals surface area contributed by atoms with Crippen LogP contribution in [-0.4, -0.2) is 67.8 Å². The number of aryl methyl sites for hydroxylation is 1. The molecule has 0 aromatic heterocycles. The second-order valence-corrected chi connectivity index (χ2v) is 12.7. The van der Waals surface area contributed by atoms with Crippen LogP contribution in [0.5, 0.6) is 5.75 Å². The van der Waals surface area contributed by atoms with Crippen LogP contribution in [0.15, 0.2) is 89.7 Å². The number of nitrogens with one attached hydrogen (secondary N) is 1. The second-order valence-electron chi connectivity index (χ2n) is 12.7. The molecular formula is C39H45NO9. The zero-order valence-electron chi connectivity index (χ0n) is 28.6. The van der Waals surface area contributed by atoms with Crippen LogP contribution in [-0.2, 0) is 9.59 Å². The third-order valence-electron chi connectivity index (χ3n) is 8.67. The van der Waals surface area contributed by atoms with Crippen molar-refractivity contribution >= 4 is 29.0 Å². The van der Waals surface area contributed by atoms with Crippen molar-refractivity contribution < 1.29 is 44.4 Å². The van der Waals surface area contributed by atoms with E-state index in [0.29, 0.717) is 5.57 Å². The molecule has 2 heterocycles. The number of hydrogen-bond acceptors (Lipinski definition) is 9. The summed E-state index contributed by atoms with van der Waals surface area (Å²) in [6.45, 7) is 9.76. The first-order valence-electron chi connectivity index (χ1n) is 16.2. The molecule has 10 nitrogen and oxygen atoms in total. The van der Waals surface area contributed by atoms with Gasteiger partial charge in [0.1, 0.15) is 5.75 Å². The van der Waals surface area contributed by atoms with Gasteiger partial charge in [0.2, 0.25) is 11.7 Å². The third-order valence-corrected chi connectivity index (χ3v) is 8.67. The van der Waals surface area contributed by atoms with E-state index in [4.69, 9.17) is 0 Å². The number of phenolic OH excluding ortho intramolecular Hbond substituents is 1. The fraction of sp³-hybridized carbons (Fsp3) is 0.359. The van der Waals surface area contributed by atoms with E-state index in [9.17, 15) is 44.4 Å². The molecule has 1 aromatic rings. The SMILES string of the molecule is CC1=CC[C@H](O)C=C[C@H](C)[C@H](O)[C@@H](C)C=C(C)C(=O)c2c(O)c(C)cc3c2C(=O)C=C(NC(=O)C=CC=CC=C[C@H](C)[C@H](O)CC1=O)C3=O. The minimum atomic E-state index is -0.986. The second kappa shape index (κ2) is 17.1. The van der Waals surface area contributed by atoms with Gasteiger partial charge in [0.05, 0.1) is 29.6 Å². The van der Waals surface area contributed by atoms with Crippen LogP contribution in [0.3, 0.4) is 0 Å². The van der Waals surface area contributed by atoms with E-state index in [2.05, 4.69) is 5.32 Å². The van der Waals surface area contributed by atoms with Crippen LogP contribution in [0, 0.1) is 24.7 Å². The van der Waals surface area contributed by atoms with Gasteiger partial charge in [-0.2, -0.15) is 0 Å². The molecule has 0 saturated carbocycles. The minimum Gasteiger partial charge on any atom is -0.507 e. The number of carbonyl (C=O) groups excluding carboxylic acids is 5. The number of aliphatic hydroxyl groups is 3. The fourth-order valence-corrected chi connectivity index (χ4v) is 5.47. The summed E-state index contributed by atoms with van der Waals surface area (Å²) >= 11 is 0. The monoisotopic (exact) mass is 671 g/mol. The maximum atomic E-state index is 13.7. The Labute approximate surface area is 286 Å². The van der Waals surface area contributed by atoms with Gasteiger partial charge in [0.15, 0.2) is 17.3 Å². The fourth-order valence-electron chi connectivity index (χ4n) is 5.47. The highest BCUT2D eigenvalue weighted by Crippen LogP contribution is 2.35. The lowest BCUT2D eigenvalue weighted by molar-refractivity contribution is -0.118. The number of rotatable bonds is 0. The standard InChI is InChI=1S/C39H45NO9/c1-21-11-9-7-8-10-12-33(45)40-29-19-32(44)34-28(39(29)49)18-26(6)38(48)35(34)37(47)25(5)17-24(4)36(46)23(3)14-16-27(41)15-13-22(2)31(43)20-30(21)42/h7-14,16-19,21,23-24,27,30,36,41-42,46,48H,15,20H2,1-6H3,(H,40,45)/t21-,23-,24-,27-,30+,36-/m0/s1. The van der Waals surface area contributed by atoms with Crippen molar-refractivity contribution in [3.8, 4) is 5.75 Å². The van der Waals surface area contributed by atoms with Gasteiger partial charge < -0.3 is 25.7 Å². The molecule has 4 bridgehead atoms. The Balaban J connectivity index is 2.01. The van der Waals surface area contributed by atoms with E-state index in [1.807, 2.05) is 0 Å². The van der Waals surface area contributed by atoms with Gasteiger partial charge in [-0.3, -0.25) is 24.0 Å². The van der Waals surface area contributed by atoms with E-state index in [1.165, 1.54) is 38.1 Å². The van der Waals surface area contributed by atoms with E-state index < -0.39 is 59.2 Å². The number of phenols is 1. The minimum absolute atomic E-state index is 0.109. The number of ketones is 4. The number of aromatic hydroxyl groups is 1. The third kappa shape index (κ3) is 9.88. The normalized spacial score (nSPS) is 26.8. The molecule has 0 spiro atoms. The maximum absolute atomic E-state index is 13.7. The molecule has 10 heteroatoms. The molecule has 5 N–H and O–H groups in total. The van der Waals surface area contributed by atoms with Gasteiger partial charge in [0.25, 0.3) is 0 Å². The molecular weight excluding hydrogens is 626 g/mol. The summed E-state index contributed by atoms with van der Waals surface area (Å²) in [6, 6.07) is 1.30. The number of benzene rings is 1. The van der Waals surface area contributed by atoms with Gasteiger partial charge in [-0.05, 0) is 50.0 Å². The van der Waals surface area contributed by atoms with Crippen molar-refractivity contribution in [2.75, 3.05) is 0 Å². The number of amides is 1. The highest BCUT2D eigenvalue weighted by Gasteiger charge is 2.34. The molecule has 2 aliphatic heterocycles. The molecule has 6 atom stereocenters. The van der Waals surface area contributed by atoms with Crippen LogP contribution in [0.1, 0.15) is 84.1 Å². The molecule has 1 aliphatic carbocycles. The number of carbonyl (C=O) groups is 5. The molecule has 0 radical (unpaired) electrons. The number of Topliss-reactive ketones (excluding diaryl/α,β-unsaturated/α-hetero) is 3. The van der Waals surface area contributed by atoms with Crippen LogP contribution < -0.4 is 5.32 Å². The summed E-state index contributed by atoms with van der Waals surface area (Å²) in [5.74, 6) is -4.96. The summed E-state index contributed by atoms with van der Waals surface area (Å²) in [6.07, 6.45) is 13.4. The first kappa shape index (κ1) is 38.7. The van der Waals surface area contributed by atoms with Crippen molar-refractivity contribution in [3.63, 3.8) is 0 Å². The highest BCUT2D eigenvalue weighted by molar-refractivity contribution is 6.30. The lowest BCUT2D eigenvalue weighted by Crippen LogP contribution is -2.31. The summed E-state index contributed by atoms with van der Waals surface area (Å²) in [4.78, 5) is 65.7. The van der Waals surface area contributed by atoms with Crippen molar-refractivity contribution in [1.29, 1.82) is 0 Å².